The maximum Gasteiger partial charge on any atom is 0.425 e. The molecule has 0 radical (unpaired) electrons. The lowest BCUT2D eigenvalue weighted by Crippen LogP contribution is -2.45. The van der Waals surface area contributed by atoms with Crippen molar-refractivity contribution in [1.82, 2.24) is 20.9 Å². The maximum absolute atomic E-state index is 14.0. The molecule has 3 heterocycles. The van der Waals surface area contributed by atoms with E-state index in [1.165, 1.54) is 45.2 Å². The molecule has 512 valence electrons. The van der Waals surface area contributed by atoms with Gasteiger partial charge in [-0.1, -0.05) is 32.9 Å². The molecule has 0 saturated carbocycles. The van der Waals surface area contributed by atoms with Crippen LogP contribution in [-0.4, -0.2) is 182 Å². The molecule has 0 spiro atoms. The number of carboxylic acid groups (broad SMARTS) is 5. The third-order valence-electron chi connectivity index (χ3n) is 15.1. The number of benzene rings is 4. The molecule has 2 aliphatic heterocycles. The number of allylic oxidation sites excluding steroid dienone is 6. The van der Waals surface area contributed by atoms with Gasteiger partial charge in [-0.25, -0.2) is 9.59 Å². The number of fused-ring (bicyclic) bond motifs is 6. The van der Waals surface area contributed by atoms with Gasteiger partial charge in [0.1, 0.15) is 30.4 Å². The third kappa shape index (κ3) is 19.1. The molecule has 0 saturated heterocycles. The summed E-state index contributed by atoms with van der Waals surface area (Å²) in [6.07, 6.45) is 8.09. The highest BCUT2D eigenvalue weighted by Gasteiger charge is 2.46. The Balaban J connectivity index is 0.00000150. The number of hydrogen-bond donors (Lipinski definition) is 9. The van der Waals surface area contributed by atoms with E-state index in [4.69, 9.17) is 37.9 Å². The van der Waals surface area contributed by atoms with Crippen LogP contribution in [0.1, 0.15) is 137 Å². The lowest BCUT2D eigenvalue weighted by molar-refractivity contribution is -0.433. The van der Waals surface area contributed by atoms with Crippen LogP contribution >= 0.6 is 0 Å². The van der Waals surface area contributed by atoms with E-state index in [1.807, 2.05) is 69.2 Å². The smallest absolute Gasteiger partial charge is 0.425 e. The van der Waals surface area contributed by atoms with Gasteiger partial charge in [0.15, 0.2) is 11.5 Å². The van der Waals surface area contributed by atoms with Crippen molar-refractivity contribution in [2.24, 2.45) is 5.92 Å². The summed E-state index contributed by atoms with van der Waals surface area (Å²) in [5, 5.41) is 57.1. The minimum atomic E-state index is -4.91. The van der Waals surface area contributed by atoms with Crippen molar-refractivity contribution >= 4 is 140 Å². The number of carbonyl (C=O) groups excluding carboxylic acids is 4. The Morgan fingerprint density at radius 2 is 1.11 bits per heavy atom. The average molecular weight is 1410 g/mol. The van der Waals surface area contributed by atoms with Crippen LogP contribution in [0.15, 0.2) is 96.9 Å². The van der Waals surface area contributed by atoms with Gasteiger partial charge in [-0.15, -0.1) is 37.9 Å². The van der Waals surface area contributed by atoms with Crippen LogP contribution in [0.2, 0.25) is 0 Å². The molecule has 3 amide bonds. The summed E-state index contributed by atoms with van der Waals surface area (Å²) in [5.74, 6) is -12.6. The van der Waals surface area contributed by atoms with Crippen molar-refractivity contribution in [2.45, 2.75) is 97.7 Å². The van der Waals surface area contributed by atoms with E-state index >= 15 is 0 Å². The van der Waals surface area contributed by atoms with Crippen molar-refractivity contribution in [3.63, 3.8) is 0 Å². The number of aromatic nitrogens is 1. The van der Waals surface area contributed by atoms with Crippen LogP contribution in [0, 0.1) is 5.92 Å². The molecule has 9 N–H and O–H groups in total. The number of aliphatic carboxylic acids is 4. The summed E-state index contributed by atoms with van der Waals surface area (Å²) < 4.78 is 111. The zero-order chi connectivity index (χ0) is 73.0. The fraction of sp³-hybridized carbons (Fsp3) is 0.317. The Morgan fingerprint density at radius 3 is 1.58 bits per heavy atom. The number of aromatic carboxylic acids is 1. The third-order valence-corrected chi connectivity index (χ3v) is 15.9. The number of Topliss-reactive ketones (excluding diaryl/α,β-unsaturated/α-hetero) is 1. The molecule has 0 aliphatic carbocycles. The largest absolute Gasteiger partial charge is 0.481 e. The number of likely N-dealkylation sites (N-methyl/N-ethyl adjacent to an activating group) is 1. The topological polar surface area (TPSA) is 518 Å². The minimum absolute atomic E-state index is 0.0247. The summed E-state index contributed by atoms with van der Waals surface area (Å²) in [6, 6.07) is 10.5. The Bertz CT molecular complexity index is 4590. The van der Waals surface area contributed by atoms with E-state index < -0.39 is 136 Å². The van der Waals surface area contributed by atoms with Gasteiger partial charge in [0.2, 0.25) is 5.69 Å². The van der Waals surface area contributed by atoms with Crippen molar-refractivity contribution in [2.75, 3.05) is 23.7 Å². The SMILES string of the molecule is CCN1/C(=C/C=C(/C=C/C2=[N+](CC)c3ccc4c(C(=O)CC(C)C(=O)O)cc(C(=O)NC(C)C(=O)O)cc4c3C2(C)C)c2ccc(C(=O)O)cn2)C(C)(C)c2c1ccc1c(C(=O)NC(C)C(=O)O)cc(C(=O)NC(CS(=O)(=O)O)C(=O)O)cc21.O=S(=O)=O.O=S(=O)=O.O=S(=O)=O. The van der Waals surface area contributed by atoms with Crippen molar-refractivity contribution < 1.29 is 124 Å². The summed E-state index contributed by atoms with van der Waals surface area (Å²) in [6.45, 7) is 16.1. The van der Waals surface area contributed by atoms with Gasteiger partial charge >= 0.3 is 61.7 Å². The molecule has 36 heteroatoms. The number of rotatable bonds is 22. The Labute approximate surface area is 550 Å². The maximum atomic E-state index is 14.0. The van der Waals surface area contributed by atoms with Gasteiger partial charge < -0.3 is 46.4 Å². The van der Waals surface area contributed by atoms with Gasteiger partial charge in [0.05, 0.1) is 22.6 Å². The first-order chi connectivity index (χ1) is 44.4. The molecule has 4 aromatic carbocycles. The standard InChI is InChI=1S/C60H62N6O17S.3O3S/c1-10-65-44-18-15-36-38(46(67)22-29(3)54(71)72)23-34(51(68)62-30(4)55(73)74)24-39(36)49(44)59(6,7)47(65)20-13-32(42-17-12-33(27-61-42)57(77)78)14-21-48-60(8,9)50-40-25-35(52(69)64-43(58(79)80)28-84(81,82)83)26-41(53(70)63-31(5)56(75)76)37(40)16-19-45(50)66(48)11-2;3*1-4(2)3/h12-21,23-27,29-31,43H,10-11,22,28H2,1-9H3,(H8-,62,63,64,68,69,70,71,72,73,74,75,76,77,78,79,80,81,82,83);;;/p+1. The molecule has 4 atom stereocenters. The molecule has 4 unspecified atom stereocenters. The van der Waals surface area contributed by atoms with Gasteiger partial charge in [-0.2, -0.15) is 13.0 Å². The second kappa shape index (κ2) is 32.0. The van der Waals surface area contributed by atoms with Gasteiger partial charge in [0.25, 0.3) is 27.8 Å². The second-order valence-corrected chi connectivity index (χ2v) is 24.9. The number of carboxylic acids is 5. The number of anilines is 1. The van der Waals surface area contributed by atoms with E-state index in [0.717, 1.165) is 11.8 Å². The fourth-order valence-corrected chi connectivity index (χ4v) is 11.4. The molecule has 5 aromatic rings. The number of hydrogen-bond acceptors (Lipinski definition) is 22. The highest BCUT2D eigenvalue weighted by molar-refractivity contribution is 7.85. The van der Waals surface area contributed by atoms with E-state index in [2.05, 4.69) is 20.9 Å². The molecule has 1 aromatic heterocycles. The van der Waals surface area contributed by atoms with Gasteiger partial charge in [0, 0.05) is 81.5 Å². The van der Waals surface area contributed by atoms with E-state index in [-0.39, 0.29) is 39.6 Å². The Kier molecular flexibility index (Phi) is 26.0. The summed E-state index contributed by atoms with van der Waals surface area (Å²) >= 11 is 0. The monoisotopic (exact) mass is 1410 g/mol. The number of ketones is 1. The number of carbonyl (C=O) groups is 9. The summed E-state index contributed by atoms with van der Waals surface area (Å²) in [7, 11) is -14.2. The van der Waals surface area contributed by atoms with Crippen LogP contribution in [-0.2, 0) is 72.0 Å². The predicted molar refractivity (Wildman–Crippen MR) is 338 cm³/mol. The predicted octanol–water partition coefficient (Wildman–Crippen LogP) is 3.58. The second-order valence-electron chi connectivity index (χ2n) is 22.2. The van der Waals surface area contributed by atoms with Crippen LogP contribution < -0.4 is 20.9 Å². The molecule has 32 nitrogen and oxygen atoms in total. The first-order valence-electron chi connectivity index (χ1n) is 28.0. The van der Waals surface area contributed by atoms with Gasteiger partial charge in [-0.3, -0.25) is 43.1 Å². The minimum Gasteiger partial charge on any atom is -0.481 e. The lowest BCUT2D eigenvalue weighted by Gasteiger charge is -2.26. The highest BCUT2D eigenvalue weighted by Crippen LogP contribution is 2.52. The van der Waals surface area contributed by atoms with E-state index in [0.29, 0.717) is 68.7 Å². The van der Waals surface area contributed by atoms with Gasteiger partial charge in [-0.05, 0) is 129 Å². The Morgan fingerprint density at radius 1 is 0.615 bits per heavy atom. The first-order valence-corrected chi connectivity index (χ1v) is 32.6. The number of nitrogens with zero attached hydrogens (tertiary/aromatic N) is 3. The lowest BCUT2D eigenvalue weighted by atomic mass is 9.77. The zero-order valence-corrected chi connectivity index (χ0v) is 55.4. The number of pyridine rings is 1. The van der Waals surface area contributed by atoms with E-state index in [9.17, 15) is 81.7 Å². The zero-order valence-electron chi connectivity index (χ0n) is 52.1. The van der Waals surface area contributed by atoms with Crippen molar-refractivity contribution in [1.29, 1.82) is 0 Å². The quantitative estimate of drug-likeness (QED) is 0.0207. The van der Waals surface area contributed by atoms with Crippen molar-refractivity contribution in [3.8, 4) is 0 Å². The number of amides is 3. The van der Waals surface area contributed by atoms with Crippen LogP contribution in [0.5, 0.6) is 0 Å². The summed E-state index contributed by atoms with van der Waals surface area (Å²) in [5.41, 5.74) is 2.40. The molecule has 0 fully saturated rings. The van der Waals surface area contributed by atoms with Crippen LogP contribution in [0.25, 0.3) is 27.1 Å². The molecule has 0 bridgehead atoms. The molecular weight excluding hydrogens is 1350 g/mol. The molecule has 7 rings (SSSR count). The molecular formula is C60H63N6O26S4+. The number of nitrogens with one attached hydrogen (secondary N) is 3. The molecule has 96 heavy (non-hydrogen) atoms. The van der Waals surface area contributed by atoms with Crippen LogP contribution in [0.3, 0.4) is 0 Å². The van der Waals surface area contributed by atoms with E-state index in [1.54, 1.807) is 42.5 Å². The normalized spacial score (nSPS) is 15.1. The Hall–Kier alpha value is -10.6. The average Bonchev–Trinajstić information content (AvgIpc) is 1.55. The van der Waals surface area contributed by atoms with Crippen LogP contribution in [0.4, 0.5) is 11.4 Å². The molecule has 2 aliphatic rings. The highest BCUT2D eigenvalue weighted by atomic mass is 32.2. The fourth-order valence-electron chi connectivity index (χ4n) is 10.8. The summed E-state index contributed by atoms with van der Waals surface area (Å²) in [4.78, 5) is 122. The first kappa shape index (κ1) is 77.9. The van der Waals surface area contributed by atoms with Crippen molar-refractivity contribution in [3.05, 3.63) is 141 Å².